The maximum absolute atomic E-state index is 12.2. The summed E-state index contributed by atoms with van der Waals surface area (Å²) >= 11 is 0. The minimum absolute atomic E-state index is 0.124. The van der Waals surface area contributed by atoms with Gasteiger partial charge in [0.1, 0.15) is 0 Å². The number of benzene rings is 1. The largest absolute Gasteiger partial charge is 0.478 e. The Morgan fingerprint density at radius 2 is 1.97 bits per heavy atom. The fraction of sp³-hybridized carbons (Fsp3) is 0.462. The summed E-state index contributed by atoms with van der Waals surface area (Å²) < 4.78 is 11.3. The van der Waals surface area contributed by atoms with Crippen molar-refractivity contribution in [3.05, 3.63) is 42.2 Å². The Morgan fingerprint density at radius 3 is 2.66 bits per heavy atom. The smallest absolute Gasteiger partial charge is 0.271 e. The van der Waals surface area contributed by atoms with Gasteiger partial charge in [0.25, 0.3) is 5.91 Å². The predicted octanol–water partition coefficient (Wildman–Crippen LogP) is 3.35. The number of hydrogen-bond acceptors (Lipinski definition) is 8. The highest BCUT2D eigenvalue weighted by Gasteiger charge is 2.24. The number of aromatic nitrogens is 3. The molecule has 3 aromatic rings. The third-order valence-corrected chi connectivity index (χ3v) is 6.41. The molecule has 186 valence electrons. The Hall–Kier alpha value is -3.30. The van der Waals surface area contributed by atoms with Crippen molar-refractivity contribution in [3.63, 3.8) is 0 Å². The number of fused-ring (bicyclic) bond motifs is 1. The van der Waals surface area contributed by atoms with E-state index in [0.717, 1.165) is 55.5 Å². The van der Waals surface area contributed by atoms with Gasteiger partial charge in [0.05, 0.1) is 17.8 Å². The van der Waals surface area contributed by atoms with Crippen LogP contribution in [0, 0.1) is 5.92 Å². The normalized spacial score (nSPS) is 15.3. The number of anilines is 1. The third kappa shape index (κ3) is 6.23. The Labute approximate surface area is 206 Å². The molecule has 1 unspecified atom stereocenters. The second-order valence-electron chi connectivity index (χ2n) is 9.29. The average Bonchev–Trinajstić information content (AvgIpc) is 2.87. The molecule has 1 saturated heterocycles. The molecule has 3 heterocycles. The number of hydrogen-bond donors (Lipinski definition) is 2. The molecule has 0 aliphatic carbocycles. The minimum atomic E-state index is -0.607. The van der Waals surface area contributed by atoms with E-state index in [-0.39, 0.29) is 11.7 Å². The van der Waals surface area contributed by atoms with Gasteiger partial charge in [-0.15, -0.1) is 10.2 Å². The summed E-state index contributed by atoms with van der Waals surface area (Å²) in [5, 5.41) is 12.7. The Bertz CT molecular complexity index is 1150. The Kier molecular flexibility index (Phi) is 8.09. The molecule has 2 aromatic heterocycles. The number of nitrogens with one attached hydrogen (secondary N) is 1. The Morgan fingerprint density at radius 1 is 1.20 bits per heavy atom. The van der Waals surface area contributed by atoms with E-state index in [1.165, 1.54) is 0 Å². The lowest BCUT2D eigenvalue weighted by Crippen LogP contribution is -2.32. The first kappa shape index (κ1) is 24.8. The summed E-state index contributed by atoms with van der Waals surface area (Å²) in [6.45, 7) is 5.21. The summed E-state index contributed by atoms with van der Waals surface area (Å²) in [5.74, 6) is 0.428. The van der Waals surface area contributed by atoms with Crippen LogP contribution in [0.25, 0.3) is 22.0 Å². The lowest BCUT2D eigenvalue weighted by molar-refractivity contribution is 0.0622. The van der Waals surface area contributed by atoms with Gasteiger partial charge < -0.3 is 25.4 Å². The van der Waals surface area contributed by atoms with Gasteiger partial charge in [-0.05, 0) is 70.0 Å². The van der Waals surface area contributed by atoms with Crippen LogP contribution in [0.4, 0.5) is 5.69 Å². The molecule has 9 nitrogen and oxygen atoms in total. The predicted molar refractivity (Wildman–Crippen MR) is 137 cm³/mol. The van der Waals surface area contributed by atoms with Crippen molar-refractivity contribution in [3.8, 4) is 17.0 Å². The number of amides is 1. The summed E-state index contributed by atoms with van der Waals surface area (Å²) in [6.07, 6.45) is 4.67. The highest BCUT2D eigenvalue weighted by atomic mass is 16.5. The number of pyridine rings is 1. The molecule has 4 rings (SSSR count). The lowest BCUT2D eigenvalue weighted by Gasteiger charge is -2.29. The quantitative estimate of drug-likeness (QED) is 0.426. The Balaban J connectivity index is 1.59. The molecule has 1 aromatic carbocycles. The molecule has 1 fully saturated rings. The second kappa shape index (κ2) is 11.4. The zero-order valence-electron chi connectivity index (χ0n) is 20.7. The second-order valence-corrected chi connectivity index (χ2v) is 9.29. The highest BCUT2D eigenvalue weighted by molar-refractivity contribution is 6.05. The van der Waals surface area contributed by atoms with E-state index in [9.17, 15) is 4.79 Å². The van der Waals surface area contributed by atoms with Crippen molar-refractivity contribution < 1.29 is 14.3 Å². The molecule has 0 radical (unpaired) electrons. The van der Waals surface area contributed by atoms with Crippen LogP contribution >= 0.6 is 0 Å². The molecular formula is C26H34N6O3. The van der Waals surface area contributed by atoms with Gasteiger partial charge in [-0.2, -0.15) is 0 Å². The molecular weight excluding hydrogens is 444 g/mol. The van der Waals surface area contributed by atoms with E-state index in [0.29, 0.717) is 29.6 Å². The van der Waals surface area contributed by atoms with Gasteiger partial charge >= 0.3 is 0 Å². The molecule has 9 heteroatoms. The fourth-order valence-electron chi connectivity index (χ4n) is 4.36. The van der Waals surface area contributed by atoms with Crippen LogP contribution < -0.4 is 15.8 Å². The third-order valence-electron chi connectivity index (χ3n) is 6.41. The topological polar surface area (TPSA) is 115 Å². The molecule has 0 saturated carbocycles. The van der Waals surface area contributed by atoms with E-state index < -0.39 is 5.91 Å². The number of nitrogens with zero attached hydrogens (tertiary/aromatic N) is 4. The van der Waals surface area contributed by atoms with Crippen LogP contribution in [-0.2, 0) is 4.74 Å². The van der Waals surface area contributed by atoms with Crippen LogP contribution in [0.5, 0.6) is 5.88 Å². The molecule has 1 atom stereocenters. The number of nitrogens with two attached hydrogens (primary N) is 1. The van der Waals surface area contributed by atoms with E-state index >= 15 is 0 Å². The monoisotopic (exact) mass is 478 g/mol. The number of rotatable bonds is 10. The number of ether oxygens (including phenoxy) is 2. The van der Waals surface area contributed by atoms with Crippen LogP contribution in [-0.4, -0.2) is 72.5 Å². The highest BCUT2D eigenvalue weighted by Crippen LogP contribution is 2.32. The van der Waals surface area contributed by atoms with Crippen molar-refractivity contribution in [2.45, 2.75) is 32.2 Å². The van der Waals surface area contributed by atoms with Crippen LogP contribution in [0.3, 0.4) is 0 Å². The van der Waals surface area contributed by atoms with Crippen molar-refractivity contribution in [1.82, 2.24) is 20.1 Å². The average molecular weight is 479 g/mol. The van der Waals surface area contributed by atoms with Crippen LogP contribution in [0.1, 0.15) is 36.7 Å². The van der Waals surface area contributed by atoms with E-state index in [4.69, 9.17) is 15.2 Å². The zero-order valence-corrected chi connectivity index (χ0v) is 20.7. The van der Waals surface area contributed by atoms with Gasteiger partial charge in [0.2, 0.25) is 5.88 Å². The van der Waals surface area contributed by atoms with Gasteiger partial charge in [-0.3, -0.25) is 4.79 Å². The molecule has 1 aliphatic rings. The van der Waals surface area contributed by atoms with Crippen molar-refractivity contribution in [1.29, 1.82) is 0 Å². The van der Waals surface area contributed by atoms with Crippen molar-refractivity contribution >= 4 is 22.5 Å². The van der Waals surface area contributed by atoms with Crippen molar-refractivity contribution in [2.24, 2.45) is 11.7 Å². The first-order chi connectivity index (χ1) is 16.9. The number of carbonyl (C=O) groups excluding carboxylic acids is 1. The molecule has 3 N–H and O–H groups in total. The first-order valence-corrected chi connectivity index (χ1v) is 12.1. The standard InChI is InChI=1S/C26H34N6O3/c1-17(18-9-13-34-14-10-18)29-24-21-15-19(5-7-22(21)30-31-25(24)26(27)33)20-6-8-23(28-16-20)35-12-4-11-32(2)3/h5-8,15-18H,4,9-14H2,1-3H3,(H2,27,33)(H,29,30). The molecule has 35 heavy (non-hydrogen) atoms. The lowest BCUT2D eigenvalue weighted by atomic mass is 9.92. The number of primary amides is 1. The van der Waals surface area contributed by atoms with E-state index in [1.54, 1.807) is 6.20 Å². The summed E-state index contributed by atoms with van der Waals surface area (Å²) in [6, 6.07) is 9.86. The molecule has 1 amide bonds. The first-order valence-electron chi connectivity index (χ1n) is 12.1. The van der Waals surface area contributed by atoms with Crippen molar-refractivity contribution in [2.75, 3.05) is 45.8 Å². The number of carbonyl (C=O) groups is 1. The zero-order chi connectivity index (χ0) is 24.8. The minimum Gasteiger partial charge on any atom is -0.478 e. The maximum Gasteiger partial charge on any atom is 0.271 e. The summed E-state index contributed by atoms with van der Waals surface area (Å²) in [5.41, 5.74) is 9.01. The van der Waals surface area contributed by atoms with Gasteiger partial charge in [0, 0.05) is 49.0 Å². The van der Waals surface area contributed by atoms with Gasteiger partial charge in [-0.1, -0.05) is 6.07 Å². The van der Waals surface area contributed by atoms with Crippen LogP contribution in [0.2, 0.25) is 0 Å². The maximum atomic E-state index is 12.2. The van der Waals surface area contributed by atoms with E-state index in [2.05, 4.69) is 32.3 Å². The summed E-state index contributed by atoms with van der Waals surface area (Å²) in [7, 11) is 4.09. The molecule has 1 aliphatic heterocycles. The fourth-order valence-corrected chi connectivity index (χ4v) is 4.36. The summed E-state index contributed by atoms with van der Waals surface area (Å²) in [4.78, 5) is 18.8. The molecule has 0 bridgehead atoms. The van der Waals surface area contributed by atoms with Gasteiger partial charge in [-0.25, -0.2) is 4.98 Å². The molecule has 0 spiro atoms. The SMILES string of the molecule is CC(Nc1c(C(N)=O)nnc2ccc(-c3ccc(OCCCN(C)C)nc3)cc12)C1CCOCC1. The van der Waals surface area contributed by atoms with Gasteiger partial charge in [0.15, 0.2) is 5.69 Å². The van der Waals surface area contributed by atoms with E-state index in [1.807, 2.05) is 44.4 Å². The van der Waals surface area contributed by atoms with Crippen LogP contribution in [0.15, 0.2) is 36.5 Å².